The van der Waals surface area contributed by atoms with Gasteiger partial charge in [-0.2, -0.15) is 9.97 Å². The minimum Gasteiger partial charge on any atom is -0.393 e. The van der Waals surface area contributed by atoms with Gasteiger partial charge in [-0.1, -0.05) is 12.1 Å². The number of aromatic nitrogens is 5. The van der Waals surface area contributed by atoms with Crippen LogP contribution in [0.2, 0.25) is 0 Å². The zero-order valence-electron chi connectivity index (χ0n) is 21.4. The third-order valence-corrected chi connectivity index (χ3v) is 6.41. The van der Waals surface area contributed by atoms with E-state index >= 15 is 0 Å². The van der Waals surface area contributed by atoms with Gasteiger partial charge >= 0.3 is 5.91 Å². The average Bonchev–Trinajstić information content (AvgIpc) is 3.32. The first-order valence-electron chi connectivity index (χ1n) is 12.8. The molecular formula is C28H30N8O2. The van der Waals surface area contributed by atoms with Crippen LogP contribution in [0.25, 0.3) is 11.2 Å². The number of aliphatic hydroxyl groups excluding tert-OH is 1. The number of pyridine rings is 1. The van der Waals surface area contributed by atoms with Crippen LogP contribution in [0.3, 0.4) is 0 Å². The summed E-state index contributed by atoms with van der Waals surface area (Å²) < 4.78 is 1.97. The molecule has 10 nitrogen and oxygen atoms in total. The molecule has 1 aliphatic rings. The minimum atomic E-state index is -0.430. The van der Waals surface area contributed by atoms with Crippen LogP contribution in [-0.4, -0.2) is 47.7 Å². The number of nitrogens with one attached hydrogen (secondary N) is 3. The average molecular weight is 511 g/mol. The molecule has 1 fully saturated rings. The number of rotatable bonds is 6. The van der Waals surface area contributed by atoms with Crippen molar-refractivity contribution in [1.29, 1.82) is 0 Å². The van der Waals surface area contributed by atoms with Gasteiger partial charge in [0.2, 0.25) is 5.95 Å². The molecule has 10 heteroatoms. The van der Waals surface area contributed by atoms with E-state index in [9.17, 15) is 9.90 Å². The molecule has 5 rings (SSSR count). The Morgan fingerprint density at radius 3 is 2.66 bits per heavy atom. The molecule has 4 N–H and O–H groups in total. The number of imidazole rings is 1. The molecule has 38 heavy (non-hydrogen) atoms. The lowest BCUT2D eigenvalue weighted by Crippen LogP contribution is -2.29. The molecular weight excluding hydrogens is 480 g/mol. The Labute approximate surface area is 221 Å². The van der Waals surface area contributed by atoms with Gasteiger partial charge < -0.3 is 25.6 Å². The Balaban J connectivity index is 1.35. The maximum absolute atomic E-state index is 12.4. The Morgan fingerprint density at radius 2 is 1.87 bits per heavy atom. The van der Waals surface area contributed by atoms with Crippen molar-refractivity contribution in [2.75, 3.05) is 16.0 Å². The summed E-state index contributed by atoms with van der Waals surface area (Å²) in [5, 5.41) is 19.4. The molecule has 0 bridgehead atoms. The highest BCUT2D eigenvalue weighted by Crippen LogP contribution is 2.27. The zero-order chi connectivity index (χ0) is 26.5. The van der Waals surface area contributed by atoms with Crippen molar-refractivity contribution in [2.24, 2.45) is 0 Å². The van der Waals surface area contributed by atoms with Crippen molar-refractivity contribution < 1.29 is 9.90 Å². The van der Waals surface area contributed by atoms with Crippen LogP contribution in [0, 0.1) is 18.8 Å². The highest BCUT2D eigenvalue weighted by Gasteiger charge is 2.21. The number of nitrogens with zero attached hydrogens (tertiary/aromatic N) is 5. The summed E-state index contributed by atoms with van der Waals surface area (Å²) in [4.78, 5) is 30.7. The zero-order valence-corrected chi connectivity index (χ0v) is 21.4. The van der Waals surface area contributed by atoms with Gasteiger partial charge in [0.1, 0.15) is 5.69 Å². The Hall–Kier alpha value is -4.49. The van der Waals surface area contributed by atoms with E-state index in [0.717, 1.165) is 49.3 Å². The molecule has 0 aliphatic heterocycles. The van der Waals surface area contributed by atoms with Crippen LogP contribution in [0.5, 0.6) is 0 Å². The molecule has 1 aliphatic carbocycles. The first-order chi connectivity index (χ1) is 18.5. The maximum Gasteiger partial charge on any atom is 0.300 e. The van der Waals surface area contributed by atoms with Crippen molar-refractivity contribution in [3.63, 3.8) is 0 Å². The summed E-state index contributed by atoms with van der Waals surface area (Å²) in [7, 11) is 0. The summed E-state index contributed by atoms with van der Waals surface area (Å²) in [6, 6.07) is 13.0. The fraction of sp³-hybridized carbons (Fsp3) is 0.321. The Morgan fingerprint density at radius 1 is 1.08 bits per heavy atom. The second-order valence-electron chi connectivity index (χ2n) is 9.32. The first-order valence-corrected chi connectivity index (χ1v) is 12.8. The highest BCUT2D eigenvalue weighted by molar-refractivity contribution is 6.04. The fourth-order valence-corrected chi connectivity index (χ4v) is 4.44. The van der Waals surface area contributed by atoms with Crippen molar-refractivity contribution >= 4 is 40.2 Å². The molecule has 0 saturated heterocycles. The maximum atomic E-state index is 12.4. The molecule has 4 aromatic rings. The second-order valence-corrected chi connectivity index (χ2v) is 9.32. The minimum absolute atomic E-state index is 0.205. The summed E-state index contributed by atoms with van der Waals surface area (Å²) in [5.74, 6) is 6.03. The van der Waals surface area contributed by atoms with Crippen molar-refractivity contribution in [1.82, 2.24) is 24.5 Å². The Bertz CT molecular complexity index is 1510. The lowest BCUT2D eigenvalue weighted by atomic mass is 9.93. The van der Waals surface area contributed by atoms with Crippen LogP contribution in [0.4, 0.5) is 23.1 Å². The van der Waals surface area contributed by atoms with Crippen molar-refractivity contribution in [2.45, 2.75) is 58.2 Å². The second kappa shape index (κ2) is 11.3. The molecule has 0 radical (unpaired) electrons. The van der Waals surface area contributed by atoms with E-state index in [1.165, 1.54) is 0 Å². The number of carbonyl (C=O) groups excluding carboxylic acids is 1. The molecule has 1 aromatic carbocycles. The van der Waals surface area contributed by atoms with E-state index in [1.807, 2.05) is 48.7 Å². The molecule has 0 spiro atoms. The van der Waals surface area contributed by atoms with E-state index < -0.39 is 5.91 Å². The van der Waals surface area contributed by atoms with Gasteiger partial charge in [-0.15, -0.1) is 0 Å². The van der Waals surface area contributed by atoms with Gasteiger partial charge in [-0.05, 0) is 75.8 Å². The predicted octanol–water partition coefficient (Wildman–Crippen LogP) is 4.00. The van der Waals surface area contributed by atoms with Crippen LogP contribution in [0.1, 0.15) is 44.0 Å². The van der Waals surface area contributed by atoms with Crippen molar-refractivity contribution in [3.8, 4) is 11.8 Å². The SMILES string of the molecule is CCn1cnc2c(Nc3cccc(NC(=O)C#Cc4cccc(C)n4)c3)nc(NC3CCC(O)CC3)nc21. The summed E-state index contributed by atoms with van der Waals surface area (Å²) in [6.45, 7) is 4.64. The van der Waals surface area contributed by atoms with Gasteiger partial charge in [0.05, 0.1) is 12.4 Å². The van der Waals surface area contributed by atoms with E-state index in [-0.39, 0.29) is 12.1 Å². The molecule has 0 unspecified atom stereocenters. The number of hydrogen-bond donors (Lipinski definition) is 4. The standard InChI is InChI=1S/C28H30N8O2/c1-3-36-17-29-25-26(34-28(35-27(25)36)33-20-10-13-23(37)14-11-20)32-22-9-5-8-21(16-22)31-24(38)15-12-19-7-4-6-18(2)30-19/h4-9,16-17,20,23,37H,3,10-11,13-14H2,1-2H3,(H,31,38)(H2,32,33,34,35). The first kappa shape index (κ1) is 25.2. The monoisotopic (exact) mass is 510 g/mol. The van der Waals surface area contributed by atoms with Crippen LogP contribution in [0.15, 0.2) is 48.8 Å². The van der Waals surface area contributed by atoms with Crippen LogP contribution < -0.4 is 16.0 Å². The molecule has 0 atom stereocenters. The Kier molecular flexibility index (Phi) is 7.47. The number of aliphatic hydroxyl groups is 1. The normalized spacial score (nSPS) is 16.9. The van der Waals surface area contributed by atoms with Gasteiger partial charge in [0.15, 0.2) is 17.0 Å². The van der Waals surface area contributed by atoms with E-state index in [1.54, 1.807) is 18.5 Å². The summed E-state index contributed by atoms with van der Waals surface area (Å²) >= 11 is 0. The number of benzene rings is 1. The number of amides is 1. The number of hydrogen-bond acceptors (Lipinski definition) is 8. The van der Waals surface area contributed by atoms with Gasteiger partial charge in [-0.25, -0.2) is 9.97 Å². The van der Waals surface area contributed by atoms with E-state index in [2.05, 4.69) is 37.8 Å². The lowest BCUT2D eigenvalue weighted by molar-refractivity contribution is -0.111. The van der Waals surface area contributed by atoms with Crippen LogP contribution >= 0.6 is 0 Å². The molecule has 1 amide bonds. The number of fused-ring (bicyclic) bond motifs is 1. The quantitative estimate of drug-likeness (QED) is 0.287. The smallest absolute Gasteiger partial charge is 0.300 e. The van der Waals surface area contributed by atoms with Crippen molar-refractivity contribution in [3.05, 3.63) is 60.2 Å². The largest absolute Gasteiger partial charge is 0.393 e. The summed E-state index contributed by atoms with van der Waals surface area (Å²) in [6.07, 6.45) is 4.79. The predicted molar refractivity (Wildman–Crippen MR) is 147 cm³/mol. The molecule has 194 valence electrons. The summed E-state index contributed by atoms with van der Waals surface area (Å²) in [5.41, 5.74) is 4.09. The fourth-order valence-electron chi connectivity index (χ4n) is 4.44. The number of anilines is 4. The number of aryl methyl sites for hydroxylation is 2. The van der Waals surface area contributed by atoms with Gasteiger partial charge in [0, 0.05) is 35.6 Å². The lowest BCUT2D eigenvalue weighted by Gasteiger charge is -2.26. The topological polar surface area (TPSA) is 130 Å². The molecule has 3 aromatic heterocycles. The third-order valence-electron chi connectivity index (χ3n) is 6.41. The highest BCUT2D eigenvalue weighted by atomic mass is 16.3. The number of carbonyl (C=O) groups is 1. The van der Waals surface area contributed by atoms with E-state index in [0.29, 0.717) is 28.7 Å². The molecule has 1 saturated carbocycles. The van der Waals surface area contributed by atoms with Gasteiger partial charge in [-0.3, -0.25) is 4.79 Å². The molecule has 3 heterocycles. The van der Waals surface area contributed by atoms with Gasteiger partial charge in [0.25, 0.3) is 0 Å². The van der Waals surface area contributed by atoms with Crippen LogP contribution in [-0.2, 0) is 11.3 Å². The third kappa shape index (κ3) is 6.07. The van der Waals surface area contributed by atoms with E-state index in [4.69, 9.17) is 9.97 Å².